The minimum atomic E-state index is 0.572. The van der Waals surface area contributed by atoms with E-state index in [1.165, 1.54) is 64.3 Å². The van der Waals surface area contributed by atoms with Gasteiger partial charge < -0.3 is 10.1 Å². The summed E-state index contributed by atoms with van der Waals surface area (Å²) in [5.74, 6) is 0. The molecule has 0 bridgehead atoms. The topological polar surface area (TPSA) is 21.3 Å². The molecule has 1 saturated carbocycles. The van der Waals surface area contributed by atoms with Gasteiger partial charge in [0.2, 0.25) is 0 Å². The van der Waals surface area contributed by atoms with E-state index in [0.717, 1.165) is 6.61 Å². The summed E-state index contributed by atoms with van der Waals surface area (Å²) < 4.78 is 5.79. The molecule has 1 N–H and O–H groups in total. The average Bonchev–Trinajstić information content (AvgIpc) is 2.89. The first kappa shape index (κ1) is 14.3. The summed E-state index contributed by atoms with van der Waals surface area (Å²) in [4.78, 5) is 0. The van der Waals surface area contributed by atoms with Crippen molar-refractivity contribution in [3.63, 3.8) is 0 Å². The molecule has 0 spiro atoms. The molecule has 0 aromatic heterocycles. The highest BCUT2D eigenvalue weighted by Crippen LogP contribution is 2.40. The maximum Gasteiger partial charge on any atom is 0.0576 e. The number of nitrogens with one attached hydrogen (secondary N) is 1. The fourth-order valence-corrected chi connectivity index (χ4v) is 3.58. The lowest BCUT2D eigenvalue weighted by molar-refractivity contribution is 0.0754. The van der Waals surface area contributed by atoms with E-state index < -0.39 is 0 Å². The normalized spacial score (nSPS) is 27.8. The third kappa shape index (κ3) is 4.24. The maximum atomic E-state index is 5.79. The quantitative estimate of drug-likeness (QED) is 0.775. The van der Waals surface area contributed by atoms with Gasteiger partial charge in [-0.05, 0) is 43.9 Å². The fraction of sp³-hybridized carbons (Fsp3) is 1.00. The predicted octanol–water partition coefficient (Wildman–Crippen LogP) is 3.89. The lowest BCUT2D eigenvalue weighted by atomic mass is 9.70. The van der Waals surface area contributed by atoms with Crippen molar-refractivity contribution >= 4 is 0 Å². The SMILES string of the molecule is CC(C)NCC1(CCC2CCCO2)CCCCC1. The van der Waals surface area contributed by atoms with Gasteiger partial charge in [-0.2, -0.15) is 0 Å². The standard InChI is InChI=1S/C16H31NO/c1-14(2)17-13-16(9-4-3-5-10-16)11-8-15-7-6-12-18-15/h14-15,17H,3-13H2,1-2H3. The molecule has 2 nitrogen and oxygen atoms in total. The zero-order valence-electron chi connectivity index (χ0n) is 12.3. The Balaban J connectivity index is 1.82. The van der Waals surface area contributed by atoms with Gasteiger partial charge in [-0.25, -0.2) is 0 Å². The first-order valence-corrected chi connectivity index (χ1v) is 8.05. The highest BCUT2D eigenvalue weighted by Gasteiger charge is 2.32. The number of ether oxygens (including phenoxy) is 1. The minimum Gasteiger partial charge on any atom is -0.378 e. The molecule has 2 fully saturated rings. The van der Waals surface area contributed by atoms with Crippen molar-refractivity contribution in [2.24, 2.45) is 5.41 Å². The largest absolute Gasteiger partial charge is 0.378 e. The summed E-state index contributed by atoms with van der Waals surface area (Å²) >= 11 is 0. The first-order valence-electron chi connectivity index (χ1n) is 8.05. The van der Waals surface area contributed by atoms with E-state index >= 15 is 0 Å². The summed E-state index contributed by atoms with van der Waals surface area (Å²) in [5, 5.41) is 3.69. The highest BCUT2D eigenvalue weighted by molar-refractivity contribution is 4.86. The van der Waals surface area contributed by atoms with E-state index in [-0.39, 0.29) is 0 Å². The predicted molar refractivity (Wildman–Crippen MR) is 76.9 cm³/mol. The lowest BCUT2D eigenvalue weighted by Gasteiger charge is -2.39. The van der Waals surface area contributed by atoms with Gasteiger partial charge in [0, 0.05) is 19.2 Å². The molecule has 1 aliphatic carbocycles. The molecule has 2 aliphatic rings. The van der Waals surface area contributed by atoms with Crippen LogP contribution in [0.2, 0.25) is 0 Å². The average molecular weight is 253 g/mol. The van der Waals surface area contributed by atoms with Crippen LogP contribution in [-0.2, 0) is 4.74 Å². The van der Waals surface area contributed by atoms with Crippen LogP contribution in [0, 0.1) is 5.41 Å². The molecule has 1 unspecified atom stereocenters. The van der Waals surface area contributed by atoms with Crippen LogP contribution in [0.1, 0.15) is 71.6 Å². The monoisotopic (exact) mass is 253 g/mol. The van der Waals surface area contributed by atoms with Gasteiger partial charge in [-0.15, -0.1) is 0 Å². The van der Waals surface area contributed by atoms with Crippen molar-refractivity contribution in [3.05, 3.63) is 0 Å². The summed E-state index contributed by atoms with van der Waals surface area (Å²) in [6.45, 7) is 6.74. The smallest absolute Gasteiger partial charge is 0.0576 e. The first-order chi connectivity index (χ1) is 8.70. The van der Waals surface area contributed by atoms with Crippen molar-refractivity contribution < 1.29 is 4.74 Å². The molecule has 0 amide bonds. The Bertz CT molecular complexity index is 227. The Morgan fingerprint density at radius 1 is 1.17 bits per heavy atom. The van der Waals surface area contributed by atoms with Gasteiger partial charge in [0.05, 0.1) is 6.10 Å². The van der Waals surface area contributed by atoms with E-state index in [0.29, 0.717) is 17.6 Å². The second kappa shape index (κ2) is 6.91. The van der Waals surface area contributed by atoms with Crippen molar-refractivity contribution in [2.75, 3.05) is 13.2 Å². The second-order valence-corrected chi connectivity index (χ2v) is 6.77. The second-order valence-electron chi connectivity index (χ2n) is 6.77. The van der Waals surface area contributed by atoms with Crippen LogP contribution in [0.3, 0.4) is 0 Å². The molecule has 106 valence electrons. The number of hydrogen-bond acceptors (Lipinski definition) is 2. The number of hydrogen-bond donors (Lipinski definition) is 1. The molecular formula is C16H31NO. The van der Waals surface area contributed by atoms with Gasteiger partial charge in [-0.3, -0.25) is 0 Å². The molecule has 2 heteroatoms. The molecule has 2 rings (SSSR count). The Morgan fingerprint density at radius 3 is 2.56 bits per heavy atom. The van der Waals surface area contributed by atoms with Crippen LogP contribution in [0.25, 0.3) is 0 Å². The van der Waals surface area contributed by atoms with Gasteiger partial charge in [0.15, 0.2) is 0 Å². The molecule has 0 aromatic rings. The summed E-state index contributed by atoms with van der Waals surface area (Å²) in [7, 11) is 0. The Labute approximate surface area is 113 Å². The van der Waals surface area contributed by atoms with Crippen molar-refractivity contribution in [1.82, 2.24) is 5.32 Å². The Kier molecular flexibility index (Phi) is 5.50. The molecule has 1 aliphatic heterocycles. The number of rotatable bonds is 6. The van der Waals surface area contributed by atoms with E-state index in [9.17, 15) is 0 Å². The molecule has 1 saturated heterocycles. The van der Waals surface area contributed by atoms with E-state index in [1.807, 2.05) is 0 Å². The summed E-state index contributed by atoms with van der Waals surface area (Å²) in [6, 6.07) is 0.617. The zero-order chi connectivity index (χ0) is 12.8. The molecule has 1 heterocycles. The van der Waals surface area contributed by atoms with Crippen LogP contribution in [-0.4, -0.2) is 25.3 Å². The third-order valence-electron chi connectivity index (χ3n) is 4.82. The van der Waals surface area contributed by atoms with Crippen molar-refractivity contribution in [2.45, 2.75) is 83.8 Å². The van der Waals surface area contributed by atoms with E-state index in [1.54, 1.807) is 0 Å². The molecule has 18 heavy (non-hydrogen) atoms. The van der Waals surface area contributed by atoms with E-state index in [4.69, 9.17) is 4.74 Å². The Hall–Kier alpha value is -0.0800. The molecule has 1 atom stereocenters. The van der Waals surface area contributed by atoms with Crippen molar-refractivity contribution in [1.29, 1.82) is 0 Å². The highest BCUT2D eigenvalue weighted by atomic mass is 16.5. The fourth-order valence-electron chi connectivity index (χ4n) is 3.58. The van der Waals surface area contributed by atoms with Gasteiger partial charge in [0.25, 0.3) is 0 Å². The Morgan fingerprint density at radius 2 is 1.94 bits per heavy atom. The van der Waals surface area contributed by atoms with Gasteiger partial charge in [-0.1, -0.05) is 33.1 Å². The van der Waals surface area contributed by atoms with Crippen molar-refractivity contribution in [3.8, 4) is 0 Å². The maximum absolute atomic E-state index is 5.79. The zero-order valence-corrected chi connectivity index (χ0v) is 12.3. The summed E-state index contributed by atoms with van der Waals surface area (Å²) in [5.41, 5.74) is 0.578. The van der Waals surface area contributed by atoms with Crippen LogP contribution in [0.4, 0.5) is 0 Å². The minimum absolute atomic E-state index is 0.572. The summed E-state index contributed by atoms with van der Waals surface area (Å²) in [6.07, 6.45) is 13.0. The van der Waals surface area contributed by atoms with Crippen LogP contribution in [0.15, 0.2) is 0 Å². The molecule has 0 aromatic carbocycles. The van der Waals surface area contributed by atoms with Crippen LogP contribution in [0.5, 0.6) is 0 Å². The van der Waals surface area contributed by atoms with Crippen LogP contribution < -0.4 is 5.32 Å². The molecular weight excluding hydrogens is 222 g/mol. The van der Waals surface area contributed by atoms with Gasteiger partial charge in [0.1, 0.15) is 0 Å². The molecule has 0 radical (unpaired) electrons. The van der Waals surface area contributed by atoms with Crippen LogP contribution >= 0.6 is 0 Å². The lowest BCUT2D eigenvalue weighted by Crippen LogP contribution is -2.39. The van der Waals surface area contributed by atoms with E-state index in [2.05, 4.69) is 19.2 Å². The van der Waals surface area contributed by atoms with Gasteiger partial charge >= 0.3 is 0 Å². The third-order valence-corrected chi connectivity index (χ3v) is 4.82.